The van der Waals surface area contributed by atoms with Crippen LogP contribution in [0.5, 0.6) is 11.5 Å². The van der Waals surface area contributed by atoms with E-state index in [1.54, 1.807) is 44.6 Å². The summed E-state index contributed by atoms with van der Waals surface area (Å²) in [6.45, 7) is 2.93. The third-order valence-corrected chi connectivity index (χ3v) is 8.57. The van der Waals surface area contributed by atoms with Crippen LogP contribution < -0.4 is 24.8 Å². The minimum atomic E-state index is -4.08. The SMILES string of the molecule is CCC1=CC(=Nc2cc(OC)cc(OC)c2)C(NS(=O)(=O)c2cccc(NC(=O)C3CCOC3)c2)Nc2ccccc21. The van der Waals surface area contributed by atoms with E-state index in [9.17, 15) is 13.2 Å². The highest BCUT2D eigenvalue weighted by Crippen LogP contribution is 2.32. The second kappa shape index (κ2) is 12.8. The molecule has 2 heterocycles. The maximum absolute atomic E-state index is 13.8. The van der Waals surface area contributed by atoms with Gasteiger partial charge in [0.05, 0.1) is 43.0 Å². The number of allylic oxidation sites excluding steroid dienone is 1. The van der Waals surface area contributed by atoms with Gasteiger partial charge in [0.2, 0.25) is 15.9 Å². The molecular weight excluding hydrogens is 556 g/mol. The molecule has 0 aliphatic carbocycles. The number of methoxy groups -OCH3 is 2. The number of carbonyl (C=O) groups excluding carboxylic acids is 1. The number of ether oxygens (including phenoxy) is 3. The number of aliphatic imine (C=N–C) groups is 1. The molecule has 3 N–H and O–H groups in total. The van der Waals surface area contributed by atoms with E-state index < -0.39 is 16.2 Å². The van der Waals surface area contributed by atoms with Crippen molar-refractivity contribution in [3.8, 4) is 11.5 Å². The van der Waals surface area contributed by atoms with E-state index in [1.807, 2.05) is 37.3 Å². The summed E-state index contributed by atoms with van der Waals surface area (Å²) >= 11 is 0. The Morgan fingerprint density at radius 2 is 1.81 bits per heavy atom. The average molecular weight is 591 g/mol. The van der Waals surface area contributed by atoms with E-state index in [0.29, 0.717) is 54.6 Å². The maximum atomic E-state index is 13.8. The van der Waals surface area contributed by atoms with E-state index in [4.69, 9.17) is 19.2 Å². The molecule has 3 aromatic carbocycles. The summed E-state index contributed by atoms with van der Waals surface area (Å²) in [7, 11) is -0.969. The first kappa shape index (κ1) is 29.3. The van der Waals surface area contributed by atoms with Gasteiger partial charge >= 0.3 is 0 Å². The van der Waals surface area contributed by atoms with Crippen molar-refractivity contribution >= 4 is 44.3 Å². The Bertz CT molecular complexity index is 1610. The lowest BCUT2D eigenvalue weighted by Gasteiger charge is -2.21. The van der Waals surface area contributed by atoms with Crippen LogP contribution in [-0.2, 0) is 19.6 Å². The molecule has 0 saturated carbocycles. The standard InChI is InChI=1S/C31H34N4O6S/c1-4-20-14-29(32-23-15-24(39-2)18-25(16-23)40-3)30(34-28-11-6-5-10-27(20)28)35-42(37,38)26-9-7-8-22(17-26)33-31(36)21-12-13-41-19-21/h5-11,14-18,21,30,34-35H,4,12-13,19H2,1-3H3,(H,33,36). The zero-order valence-corrected chi connectivity index (χ0v) is 24.5. The van der Waals surface area contributed by atoms with Gasteiger partial charge in [-0.3, -0.25) is 4.79 Å². The minimum absolute atomic E-state index is 0.00407. The topological polar surface area (TPSA) is 127 Å². The molecule has 3 aromatic rings. The molecular formula is C31H34N4O6S. The molecule has 10 nitrogen and oxygen atoms in total. The quantitative estimate of drug-likeness (QED) is 0.321. The molecule has 220 valence electrons. The molecule has 1 saturated heterocycles. The van der Waals surface area contributed by atoms with Gasteiger partial charge in [-0.25, -0.2) is 13.4 Å². The lowest BCUT2D eigenvalue weighted by molar-refractivity contribution is -0.119. The molecule has 42 heavy (non-hydrogen) atoms. The Morgan fingerprint density at radius 1 is 1.05 bits per heavy atom. The molecule has 1 amide bonds. The van der Waals surface area contributed by atoms with E-state index in [1.165, 1.54) is 12.1 Å². The summed E-state index contributed by atoms with van der Waals surface area (Å²) in [4.78, 5) is 17.5. The fourth-order valence-corrected chi connectivity index (χ4v) is 6.06. The van der Waals surface area contributed by atoms with Crippen molar-refractivity contribution in [2.75, 3.05) is 38.1 Å². The van der Waals surface area contributed by atoms with Crippen LogP contribution in [0.4, 0.5) is 17.1 Å². The zero-order valence-electron chi connectivity index (χ0n) is 23.7. The number of para-hydroxylation sites is 1. The molecule has 11 heteroatoms. The maximum Gasteiger partial charge on any atom is 0.242 e. The highest BCUT2D eigenvalue weighted by molar-refractivity contribution is 7.89. The van der Waals surface area contributed by atoms with Gasteiger partial charge in [0, 0.05) is 41.7 Å². The number of amides is 1. The molecule has 5 rings (SSSR count). The number of anilines is 2. The van der Waals surface area contributed by atoms with Crippen LogP contribution in [0, 0.1) is 5.92 Å². The molecule has 0 bridgehead atoms. The van der Waals surface area contributed by atoms with Crippen molar-refractivity contribution in [2.45, 2.75) is 30.8 Å². The van der Waals surface area contributed by atoms with Gasteiger partial charge in [-0.15, -0.1) is 0 Å². The first-order valence-electron chi connectivity index (χ1n) is 13.7. The van der Waals surface area contributed by atoms with Gasteiger partial charge in [-0.05, 0) is 48.8 Å². The third kappa shape index (κ3) is 6.64. The first-order valence-corrected chi connectivity index (χ1v) is 15.2. The van der Waals surface area contributed by atoms with E-state index in [2.05, 4.69) is 15.4 Å². The van der Waals surface area contributed by atoms with Gasteiger partial charge in [-0.1, -0.05) is 31.2 Å². The number of rotatable bonds is 9. The van der Waals surface area contributed by atoms with Crippen LogP contribution in [0.2, 0.25) is 0 Å². The largest absolute Gasteiger partial charge is 0.497 e. The first-order chi connectivity index (χ1) is 20.3. The van der Waals surface area contributed by atoms with Crippen LogP contribution in [-0.4, -0.2) is 53.6 Å². The summed E-state index contributed by atoms with van der Waals surface area (Å²) in [5.41, 5.74) is 4.09. The monoisotopic (exact) mass is 590 g/mol. The van der Waals surface area contributed by atoms with Gasteiger partial charge in [-0.2, -0.15) is 4.72 Å². The normalized spacial score (nSPS) is 19.3. The van der Waals surface area contributed by atoms with Gasteiger partial charge in [0.15, 0.2) is 0 Å². The number of nitrogens with zero attached hydrogens (tertiary/aromatic N) is 1. The highest BCUT2D eigenvalue weighted by Gasteiger charge is 2.28. The van der Waals surface area contributed by atoms with Crippen molar-refractivity contribution in [3.05, 3.63) is 78.4 Å². The fourth-order valence-electron chi connectivity index (χ4n) is 4.89. The van der Waals surface area contributed by atoms with Gasteiger partial charge in [0.25, 0.3) is 0 Å². The number of sulfonamides is 1. The average Bonchev–Trinajstić information content (AvgIpc) is 3.50. The van der Waals surface area contributed by atoms with E-state index in [0.717, 1.165) is 16.8 Å². The minimum Gasteiger partial charge on any atom is -0.497 e. The fraction of sp³-hybridized carbons (Fsp3) is 0.290. The summed E-state index contributed by atoms with van der Waals surface area (Å²) in [6.07, 6.45) is 2.31. The second-order valence-corrected chi connectivity index (χ2v) is 11.7. The number of carbonyl (C=O) groups is 1. The summed E-state index contributed by atoms with van der Waals surface area (Å²) in [6, 6.07) is 19.1. The Labute approximate surface area is 245 Å². The molecule has 2 unspecified atom stereocenters. The molecule has 2 aliphatic rings. The van der Waals surface area contributed by atoms with Crippen LogP contribution in [0.25, 0.3) is 5.57 Å². The predicted octanol–water partition coefficient (Wildman–Crippen LogP) is 4.98. The van der Waals surface area contributed by atoms with Crippen molar-refractivity contribution in [2.24, 2.45) is 10.9 Å². The van der Waals surface area contributed by atoms with Gasteiger partial charge in [0.1, 0.15) is 17.7 Å². The van der Waals surface area contributed by atoms with E-state index >= 15 is 0 Å². The van der Waals surface area contributed by atoms with Crippen molar-refractivity contribution in [1.82, 2.24) is 4.72 Å². The number of hydrogen-bond acceptors (Lipinski definition) is 8. The summed E-state index contributed by atoms with van der Waals surface area (Å²) in [5.74, 6) is 0.654. The van der Waals surface area contributed by atoms with Crippen LogP contribution in [0.3, 0.4) is 0 Å². The number of hydrogen-bond donors (Lipinski definition) is 3. The van der Waals surface area contributed by atoms with Crippen LogP contribution in [0.1, 0.15) is 25.3 Å². The smallest absolute Gasteiger partial charge is 0.242 e. The molecule has 1 fully saturated rings. The molecule has 0 aromatic heterocycles. The lowest BCUT2D eigenvalue weighted by atomic mass is 10.0. The number of nitrogens with one attached hydrogen (secondary N) is 3. The molecule has 0 radical (unpaired) electrons. The van der Waals surface area contributed by atoms with Gasteiger partial charge < -0.3 is 24.8 Å². The van der Waals surface area contributed by atoms with Crippen molar-refractivity contribution < 1.29 is 27.4 Å². The third-order valence-electron chi connectivity index (χ3n) is 7.15. The number of benzene rings is 3. The van der Waals surface area contributed by atoms with Crippen LogP contribution in [0.15, 0.2) is 82.7 Å². The molecule has 2 atom stereocenters. The van der Waals surface area contributed by atoms with Crippen molar-refractivity contribution in [1.29, 1.82) is 0 Å². The lowest BCUT2D eigenvalue weighted by Crippen LogP contribution is -2.45. The molecule has 2 aliphatic heterocycles. The zero-order chi connectivity index (χ0) is 29.7. The second-order valence-electron chi connectivity index (χ2n) is 9.95. The Morgan fingerprint density at radius 3 is 2.50 bits per heavy atom. The van der Waals surface area contributed by atoms with Crippen molar-refractivity contribution in [3.63, 3.8) is 0 Å². The molecule has 0 spiro atoms. The van der Waals surface area contributed by atoms with E-state index in [-0.39, 0.29) is 16.7 Å². The predicted molar refractivity (Wildman–Crippen MR) is 163 cm³/mol. The van der Waals surface area contributed by atoms with Crippen LogP contribution >= 0.6 is 0 Å². The highest BCUT2D eigenvalue weighted by atomic mass is 32.2. The Balaban J connectivity index is 1.51. The Hall–Kier alpha value is -4.19. The Kier molecular flexibility index (Phi) is 8.91. The summed E-state index contributed by atoms with van der Waals surface area (Å²) < 4.78 is 46.5. The summed E-state index contributed by atoms with van der Waals surface area (Å²) in [5, 5.41) is 6.16. The number of fused-ring (bicyclic) bond motifs is 1.